The highest BCUT2D eigenvalue weighted by Crippen LogP contribution is 2.11. The summed E-state index contributed by atoms with van der Waals surface area (Å²) in [5.74, 6) is -0.00518. The number of halogens is 1. The molecule has 0 aliphatic carbocycles. The number of rotatable bonds is 4. The number of amides is 1. The third kappa shape index (κ3) is 3.20. The van der Waals surface area contributed by atoms with Gasteiger partial charge >= 0.3 is 0 Å². The van der Waals surface area contributed by atoms with Crippen molar-refractivity contribution in [2.75, 3.05) is 0 Å². The van der Waals surface area contributed by atoms with Gasteiger partial charge in [-0.3, -0.25) is 4.79 Å². The first-order valence-corrected chi connectivity index (χ1v) is 5.91. The van der Waals surface area contributed by atoms with Crippen molar-refractivity contribution in [1.82, 2.24) is 5.32 Å². The van der Waals surface area contributed by atoms with Gasteiger partial charge in [0.2, 0.25) is 0 Å². The fraction of sp³-hybridized carbons (Fsp3) is 0.214. The molecule has 0 radical (unpaired) electrons. The average Bonchev–Trinajstić information content (AvgIpc) is 2.83. The molecule has 0 bridgehead atoms. The van der Waals surface area contributed by atoms with Crippen LogP contribution in [0.25, 0.3) is 0 Å². The van der Waals surface area contributed by atoms with Crippen molar-refractivity contribution < 1.29 is 13.6 Å². The lowest BCUT2D eigenvalue weighted by atomic mass is 10.1. The van der Waals surface area contributed by atoms with Gasteiger partial charge in [-0.05, 0) is 24.6 Å². The van der Waals surface area contributed by atoms with Gasteiger partial charge in [-0.2, -0.15) is 0 Å². The van der Waals surface area contributed by atoms with Crippen LogP contribution in [-0.2, 0) is 13.1 Å². The highest BCUT2D eigenvalue weighted by molar-refractivity contribution is 5.93. The summed E-state index contributed by atoms with van der Waals surface area (Å²) in [6.45, 7) is 2.17. The maximum atomic E-state index is 13.7. The summed E-state index contributed by atoms with van der Waals surface area (Å²) in [4.78, 5) is 11.8. The van der Waals surface area contributed by atoms with E-state index >= 15 is 0 Å². The molecule has 0 atom stereocenters. The van der Waals surface area contributed by atoms with Crippen LogP contribution in [0.4, 0.5) is 4.39 Å². The van der Waals surface area contributed by atoms with Crippen molar-refractivity contribution in [2.24, 2.45) is 5.73 Å². The molecule has 0 aliphatic rings. The Morgan fingerprint density at radius 2 is 2.21 bits per heavy atom. The first kappa shape index (κ1) is 13.3. The molecule has 2 rings (SSSR count). The van der Waals surface area contributed by atoms with E-state index in [0.717, 1.165) is 5.56 Å². The Morgan fingerprint density at radius 1 is 1.42 bits per heavy atom. The van der Waals surface area contributed by atoms with E-state index in [1.54, 1.807) is 25.1 Å². The molecule has 1 heterocycles. The lowest BCUT2D eigenvalue weighted by molar-refractivity contribution is 0.0950. The summed E-state index contributed by atoms with van der Waals surface area (Å²) >= 11 is 0. The first-order chi connectivity index (χ1) is 9.10. The molecule has 1 aromatic carbocycles. The summed E-state index contributed by atoms with van der Waals surface area (Å²) in [6.07, 6.45) is 1.37. The van der Waals surface area contributed by atoms with Gasteiger partial charge in [0.05, 0.1) is 5.56 Å². The smallest absolute Gasteiger partial charge is 0.254 e. The van der Waals surface area contributed by atoms with Gasteiger partial charge in [0.15, 0.2) is 0 Å². The van der Waals surface area contributed by atoms with Crippen LogP contribution in [0.3, 0.4) is 0 Å². The predicted molar refractivity (Wildman–Crippen MR) is 68.9 cm³/mol. The number of carbonyl (C=O) groups excluding carboxylic acids is 1. The van der Waals surface area contributed by atoms with Gasteiger partial charge in [-0.25, -0.2) is 4.39 Å². The minimum absolute atomic E-state index is 0.125. The van der Waals surface area contributed by atoms with E-state index in [0.29, 0.717) is 16.9 Å². The standard InChI is InChI=1S/C14H15FN2O2/c1-9-4-12(8-19-9)14(18)17-7-11-3-2-10(6-16)5-13(11)15/h2-5,8H,6-7,16H2,1H3,(H,17,18). The lowest BCUT2D eigenvalue weighted by Gasteiger charge is -2.06. The number of hydrogen-bond donors (Lipinski definition) is 2. The highest BCUT2D eigenvalue weighted by Gasteiger charge is 2.09. The maximum Gasteiger partial charge on any atom is 0.254 e. The van der Waals surface area contributed by atoms with Crippen molar-refractivity contribution in [1.29, 1.82) is 0 Å². The fourth-order valence-corrected chi connectivity index (χ4v) is 1.70. The summed E-state index contributed by atoms with van der Waals surface area (Å²) in [5, 5.41) is 2.64. The number of hydrogen-bond acceptors (Lipinski definition) is 3. The predicted octanol–water partition coefficient (Wildman–Crippen LogP) is 2.12. The van der Waals surface area contributed by atoms with Gasteiger partial charge in [0, 0.05) is 18.7 Å². The monoisotopic (exact) mass is 262 g/mol. The van der Waals surface area contributed by atoms with Crippen LogP contribution < -0.4 is 11.1 Å². The minimum Gasteiger partial charge on any atom is -0.469 e. The molecular weight excluding hydrogens is 247 g/mol. The zero-order valence-corrected chi connectivity index (χ0v) is 10.6. The quantitative estimate of drug-likeness (QED) is 0.886. The summed E-state index contributed by atoms with van der Waals surface area (Å²) < 4.78 is 18.7. The van der Waals surface area contributed by atoms with Gasteiger partial charge in [0.25, 0.3) is 5.91 Å². The summed E-state index contributed by atoms with van der Waals surface area (Å²) in [5.41, 5.74) is 6.99. The van der Waals surface area contributed by atoms with Gasteiger partial charge in [0.1, 0.15) is 17.8 Å². The Morgan fingerprint density at radius 3 is 2.79 bits per heavy atom. The molecule has 0 saturated heterocycles. The lowest BCUT2D eigenvalue weighted by Crippen LogP contribution is -2.22. The molecule has 0 unspecified atom stereocenters. The van der Waals surface area contributed by atoms with Crippen LogP contribution in [0.15, 0.2) is 34.9 Å². The van der Waals surface area contributed by atoms with E-state index in [-0.39, 0.29) is 24.8 Å². The highest BCUT2D eigenvalue weighted by atomic mass is 19.1. The van der Waals surface area contributed by atoms with Gasteiger partial charge in [-0.15, -0.1) is 0 Å². The summed E-state index contributed by atoms with van der Waals surface area (Å²) in [7, 11) is 0. The van der Waals surface area contributed by atoms with Crippen LogP contribution in [0.2, 0.25) is 0 Å². The molecule has 0 fully saturated rings. The number of benzene rings is 1. The zero-order chi connectivity index (χ0) is 13.8. The average molecular weight is 262 g/mol. The molecule has 0 saturated carbocycles. The molecule has 3 N–H and O–H groups in total. The molecule has 1 amide bonds. The number of nitrogens with one attached hydrogen (secondary N) is 1. The van der Waals surface area contributed by atoms with E-state index in [1.165, 1.54) is 12.3 Å². The zero-order valence-electron chi connectivity index (χ0n) is 10.6. The van der Waals surface area contributed by atoms with Crippen LogP contribution >= 0.6 is 0 Å². The van der Waals surface area contributed by atoms with Crippen molar-refractivity contribution >= 4 is 5.91 Å². The molecule has 0 spiro atoms. The van der Waals surface area contributed by atoms with Gasteiger partial charge < -0.3 is 15.5 Å². The molecule has 0 aliphatic heterocycles. The summed E-state index contributed by atoms with van der Waals surface area (Å²) in [6, 6.07) is 6.37. The molecular formula is C14H15FN2O2. The SMILES string of the molecule is Cc1cc(C(=O)NCc2ccc(CN)cc2F)co1. The molecule has 2 aromatic rings. The second-order valence-electron chi connectivity index (χ2n) is 4.26. The van der Waals surface area contributed by atoms with E-state index < -0.39 is 0 Å². The number of aryl methyl sites for hydroxylation is 1. The molecule has 5 heteroatoms. The van der Waals surface area contributed by atoms with E-state index in [1.807, 2.05) is 0 Å². The largest absolute Gasteiger partial charge is 0.469 e. The Labute approximate surface area is 110 Å². The third-order valence-corrected chi connectivity index (χ3v) is 2.79. The molecule has 4 nitrogen and oxygen atoms in total. The van der Waals surface area contributed by atoms with E-state index in [4.69, 9.17) is 10.2 Å². The Hall–Kier alpha value is -2.14. The van der Waals surface area contributed by atoms with E-state index in [2.05, 4.69) is 5.32 Å². The Bertz CT molecular complexity index is 593. The van der Waals surface area contributed by atoms with Crippen LogP contribution in [0.5, 0.6) is 0 Å². The normalized spacial score (nSPS) is 10.5. The Kier molecular flexibility index (Phi) is 3.97. The Balaban J connectivity index is 2.01. The van der Waals surface area contributed by atoms with E-state index in [9.17, 15) is 9.18 Å². The molecule has 100 valence electrons. The second kappa shape index (κ2) is 5.67. The number of carbonyl (C=O) groups is 1. The first-order valence-electron chi connectivity index (χ1n) is 5.91. The van der Waals surface area contributed by atoms with Crippen LogP contribution in [0.1, 0.15) is 27.2 Å². The molecule has 19 heavy (non-hydrogen) atoms. The van der Waals surface area contributed by atoms with Crippen molar-refractivity contribution in [2.45, 2.75) is 20.0 Å². The number of nitrogens with two attached hydrogens (primary N) is 1. The second-order valence-corrected chi connectivity index (χ2v) is 4.26. The number of furan rings is 1. The van der Waals surface area contributed by atoms with Crippen LogP contribution in [-0.4, -0.2) is 5.91 Å². The van der Waals surface area contributed by atoms with Crippen molar-refractivity contribution in [3.8, 4) is 0 Å². The van der Waals surface area contributed by atoms with Crippen molar-refractivity contribution in [3.05, 3.63) is 58.8 Å². The third-order valence-electron chi connectivity index (χ3n) is 2.79. The van der Waals surface area contributed by atoms with Crippen LogP contribution in [0, 0.1) is 12.7 Å². The van der Waals surface area contributed by atoms with Gasteiger partial charge in [-0.1, -0.05) is 12.1 Å². The minimum atomic E-state index is -0.369. The molecule has 1 aromatic heterocycles. The topological polar surface area (TPSA) is 68.3 Å². The maximum absolute atomic E-state index is 13.7. The van der Waals surface area contributed by atoms with Crippen molar-refractivity contribution in [3.63, 3.8) is 0 Å². The fourth-order valence-electron chi connectivity index (χ4n) is 1.70.